The molecule has 1 aromatic carbocycles. The predicted molar refractivity (Wildman–Crippen MR) is 96.8 cm³/mol. The van der Waals surface area contributed by atoms with Gasteiger partial charge >= 0.3 is 0 Å². The van der Waals surface area contributed by atoms with E-state index in [2.05, 4.69) is 55.6 Å². The van der Waals surface area contributed by atoms with Crippen LogP contribution in [0.4, 0.5) is 5.69 Å². The Morgan fingerprint density at radius 1 is 1.38 bits per heavy atom. The van der Waals surface area contributed by atoms with Crippen molar-refractivity contribution in [2.75, 3.05) is 23.7 Å². The number of hydrogen-bond acceptors (Lipinski definition) is 3. The molecule has 1 aliphatic heterocycles. The van der Waals surface area contributed by atoms with Gasteiger partial charge in [0, 0.05) is 29.6 Å². The molecule has 21 heavy (non-hydrogen) atoms. The molecule has 0 aliphatic carbocycles. The summed E-state index contributed by atoms with van der Waals surface area (Å²) < 4.78 is 0.370. The highest BCUT2D eigenvalue weighted by Gasteiger charge is 2.24. The summed E-state index contributed by atoms with van der Waals surface area (Å²) in [5.41, 5.74) is 8.44. The molecule has 2 nitrogen and oxygen atoms in total. The van der Waals surface area contributed by atoms with E-state index in [1.54, 1.807) is 0 Å². The molecule has 0 bridgehead atoms. The van der Waals surface area contributed by atoms with Gasteiger partial charge in [-0.15, -0.1) is 0 Å². The summed E-state index contributed by atoms with van der Waals surface area (Å²) in [7, 11) is 0. The van der Waals surface area contributed by atoms with Crippen molar-refractivity contribution in [1.29, 1.82) is 0 Å². The van der Waals surface area contributed by atoms with Crippen molar-refractivity contribution in [2.45, 2.75) is 50.8 Å². The average Bonchev–Trinajstić information content (AvgIpc) is 2.60. The van der Waals surface area contributed by atoms with Crippen LogP contribution in [0.25, 0.3) is 0 Å². The molecule has 0 aromatic heterocycles. The SMILES string of the molecule is CCC(N)Cc1ccc(N2CCSC(C)(C)CC2)c(Cl)c1. The van der Waals surface area contributed by atoms with Gasteiger partial charge in [0.2, 0.25) is 0 Å². The minimum atomic E-state index is 0.224. The average molecular weight is 327 g/mol. The van der Waals surface area contributed by atoms with Gasteiger partial charge in [0.15, 0.2) is 0 Å². The summed E-state index contributed by atoms with van der Waals surface area (Å²) in [6, 6.07) is 6.67. The Morgan fingerprint density at radius 3 is 2.81 bits per heavy atom. The normalized spacial score (nSPS) is 20.1. The van der Waals surface area contributed by atoms with Gasteiger partial charge in [-0.3, -0.25) is 0 Å². The molecule has 2 rings (SSSR count). The molecule has 4 heteroatoms. The predicted octanol–water partition coefficient (Wildman–Crippen LogP) is 4.34. The van der Waals surface area contributed by atoms with Crippen LogP contribution >= 0.6 is 23.4 Å². The van der Waals surface area contributed by atoms with Crippen LogP contribution in [0.15, 0.2) is 18.2 Å². The maximum atomic E-state index is 6.52. The van der Waals surface area contributed by atoms with Crippen molar-refractivity contribution in [3.8, 4) is 0 Å². The molecule has 0 radical (unpaired) electrons. The van der Waals surface area contributed by atoms with Crippen LogP contribution in [0, 0.1) is 0 Å². The van der Waals surface area contributed by atoms with Gasteiger partial charge < -0.3 is 10.6 Å². The van der Waals surface area contributed by atoms with Gasteiger partial charge in [-0.05, 0) is 37.0 Å². The fourth-order valence-electron chi connectivity index (χ4n) is 2.64. The Balaban J connectivity index is 2.10. The van der Waals surface area contributed by atoms with Crippen molar-refractivity contribution in [3.05, 3.63) is 28.8 Å². The lowest BCUT2D eigenvalue weighted by Gasteiger charge is -2.25. The van der Waals surface area contributed by atoms with E-state index in [4.69, 9.17) is 17.3 Å². The first kappa shape index (κ1) is 17.0. The Morgan fingerprint density at radius 2 is 2.14 bits per heavy atom. The highest BCUT2D eigenvalue weighted by molar-refractivity contribution is 8.00. The topological polar surface area (TPSA) is 29.3 Å². The van der Waals surface area contributed by atoms with Crippen molar-refractivity contribution < 1.29 is 0 Å². The number of anilines is 1. The molecule has 2 N–H and O–H groups in total. The standard InChI is InChI=1S/C17H27ClN2S/c1-4-14(19)11-13-5-6-16(15(18)12-13)20-8-7-17(2,3)21-10-9-20/h5-6,12,14H,4,7-11,19H2,1-3H3. The zero-order valence-corrected chi connectivity index (χ0v) is 14.9. The minimum Gasteiger partial charge on any atom is -0.369 e. The van der Waals surface area contributed by atoms with Gasteiger partial charge in [0.05, 0.1) is 10.7 Å². The molecule has 1 unspecified atom stereocenters. The molecular weight excluding hydrogens is 300 g/mol. The first-order valence-corrected chi connectivity index (χ1v) is 9.20. The number of nitrogens with zero attached hydrogens (tertiary/aromatic N) is 1. The molecule has 0 saturated carbocycles. The molecule has 1 aliphatic rings. The summed E-state index contributed by atoms with van der Waals surface area (Å²) >= 11 is 8.58. The van der Waals surface area contributed by atoms with Crippen molar-refractivity contribution >= 4 is 29.1 Å². The lowest BCUT2D eigenvalue weighted by Crippen LogP contribution is -2.27. The van der Waals surface area contributed by atoms with Crippen LogP contribution in [0.3, 0.4) is 0 Å². The number of rotatable bonds is 4. The first-order chi connectivity index (χ1) is 9.91. The highest BCUT2D eigenvalue weighted by Crippen LogP contribution is 2.34. The third-order valence-electron chi connectivity index (χ3n) is 4.21. The maximum Gasteiger partial charge on any atom is 0.0642 e. The van der Waals surface area contributed by atoms with E-state index >= 15 is 0 Å². The third-order valence-corrected chi connectivity index (χ3v) is 5.89. The Bertz CT molecular complexity index is 476. The third kappa shape index (κ3) is 4.80. The van der Waals surface area contributed by atoms with Gasteiger partial charge in [-0.25, -0.2) is 0 Å². The van der Waals surface area contributed by atoms with Crippen molar-refractivity contribution in [3.63, 3.8) is 0 Å². The second-order valence-electron chi connectivity index (χ2n) is 6.50. The van der Waals surface area contributed by atoms with E-state index in [0.29, 0.717) is 4.75 Å². The molecule has 1 atom stereocenters. The molecule has 0 amide bonds. The van der Waals surface area contributed by atoms with Crippen LogP contribution < -0.4 is 10.6 Å². The van der Waals surface area contributed by atoms with E-state index in [1.807, 2.05) is 0 Å². The first-order valence-electron chi connectivity index (χ1n) is 7.84. The zero-order chi connectivity index (χ0) is 15.5. The summed E-state index contributed by atoms with van der Waals surface area (Å²) in [6.07, 6.45) is 3.09. The Hall–Kier alpha value is -0.380. The van der Waals surface area contributed by atoms with Gasteiger partial charge in [-0.2, -0.15) is 11.8 Å². The van der Waals surface area contributed by atoms with Crippen molar-refractivity contribution in [1.82, 2.24) is 0 Å². The fourth-order valence-corrected chi connectivity index (χ4v) is 4.06. The lowest BCUT2D eigenvalue weighted by atomic mass is 10.0. The quantitative estimate of drug-likeness (QED) is 0.892. The van der Waals surface area contributed by atoms with Crippen LogP contribution in [0.5, 0.6) is 0 Å². The maximum absolute atomic E-state index is 6.52. The molecule has 1 aromatic rings. The molecule has 1 saturated heterocycles. The smallest absolute Gasteiger partial charge is 0.0642 e. The van der Waals surface area contributed by atoms with Gasteiger partial charge in [-0.1, -0.05) is 38.4 Å². The van der Waals surface area contributed by atoms with Gasteiger partial charge in [0.1, 0.15) is 0 Å². The number of halogens is 1. The number of hydrogen-bond donors (Lipinski definition) is 1. The lowest BCUT2D eigenvalue weighted by molar-refractivity contribution is 0.637. The van der Waals surface area contributed by atoms with Crippen LogP contribution in [0.1, 0.15) is 39.2 Å². The summed E-state index contributed by atoms with van der Waals surface area (Å²) in [5, 5.41) is 0.862. The molecule has 0 spiro atoms. The fraction of sp³-hybridized carbons (Fsp3) is 0.647. The summed E-state index contributed by atoms with van der Waals surface area (Å²) in [6.45, 7) is 8.93. The number of thioether (sulfide) groups is 1. The van der Waals surface area contributed by atoms with E-state index in [0.717, 1.165) is 36.7 Å². The van der Waals surface area contributed by atoms with Crippen LogP contribution in [0.2, 0.25) is 5.02 Å². The molecule has 1 heterocycles. The highest BCUT2D eigenvalue weighted by atomic mass is 35.5. The second kappa shape index (κ2) is 7.26. The molecular formula is C17H27ClN2S. The van der Waals surface area contributed by atoms with Crippen molar-refractivity contribution in [2.24, 2.45) is 5.73 Å². The van der Waals surface area contributed by atoms with Crippen LogP contribution in [-0.2, 0) is 6.42 Å². The summed E-state index contributed by atoms with van der Waals surface area (Å²) in [5.74, 6) is 1.16. The largest absolute Gasteiger partial charge is 0.369 e. The number of nitrogens with two attached hydrogens (primary N) is 1. The van der Waals surface area contributed by atoms with Crippen LogP contribution in [-0.4, -0.2) is 29.6 Å². The second-order valence-corrected chi connectivity index (χ2v) is 8.71. The molecule has 118 valence electrons. The monoisotopic (exact) mass is 326 g/mol. The minimum absolute atomic E-state index is 0.224. The number of benzene rings is 1. The zero-order valence-electron chi connectivity index (χ0n) is 13.4. The van der Waals surface area contributed by atoms with E-state index in [9.17, 15) is 0 Å². The summed E-state index contributed by atoms with van der Waals surface area (Å²) in [4.78, 5) is 2.42. The Labute approximate surface area is 138 Å². The van der Waals surface area contributed by atoms with E-state index < -0.39 is 0 Å². The Kier molecular flexibility index (Phi) is 5.87. The van der Waals surface area contributed by atoms with E-state index in [-0.39, 0.29) is 6.04 Å². The van der Waals surface area contributed by atoms with E-state index in [1.165, 1.54) is 17.7 Å². The molecule has 1 fully saturated rings. The van der Waals surface area contributed by atoms with Gasteiger partial charge in [0.25, 0.3) is 0 Å².